The number of likely N-dealkylation sites (tertiary alicyclic amines) is 1. The molecule has 1 aliphatic carbocycles. The Hall–Kier alpha value is -0.770. The number of aliphatic hydroxyl groups is 1. The molecule has 1 unspecified atom stereocenters. The minimum Gasteiger partial charge on any atom is -0.489 e. The van der Waals surface area contributed by atoms with Gasteiger partial charge in [-0.2, -0.15) is 0 Å². The molecule has 2 aliphatic rings. The average Bonchev–Trinajstić information content (AvgIpc) is 3.32. The fourth-order valence-corrected chi connectivity index (χ4v) is 3.07. The zero-order valence-electron chi connectivity index (χ0n) is 12.4. The van der Waals surface area contributed by atoms with Gasteiger partial charge in [0.2, 0.25) is 0 Å². The van der Waals surface area contributed by atoms with Crippen LogP contribution in [0.25, 0.3) is 0 Å². The van der Waals surface area contributed by atoms with Gasteiger partial charge < -0.3 is 14.7 Å². The number of rotatable bonds is 6. The smallest absolute Gasteiger partial charge is 0.138 e. The van der Waals surface area contributed by atoms with Crippen molar-refractivity contribution in [3.63, 3.8) is 0 Å². The number of halogens is 1. The predicted molar refractivity (Wildman–Crippen MR) is 85.0 cm³/mol. The number of nitrogens with zero attached hydrogens (tertiary/aromatic N) is 1. The van der Waals surface area contributed by atoms with Gasteiger partial charge in [0.25, 0.3) is 0 Å². The maximum atomic E-state index is 10.3. The highest BCUT2D eigenvalue weighted by Crippen LogP contribution is 2.34. The molecule has 0 bridgehead atoms. The maximum absolute atomic E-state index is 10.3. The molecule has 1 heterocycles. The Morgan fingerprint density at radius 1 is 1.24 bits per heavy atom. The van der Waals surface area contributed by atoms with Crippen molar-refractivity contribution >= 4 is 11.6 Å². The zero-order chi connectivity index (χ0) is 14.7. The lowest BCUT2D eigenvalue weighted by Crippen LogP contribution is -2.31. The number of ether oxygens (including phenoxy) is 1. The topological polar surface area (TPSA) is 32.7 Å². The van der Waals surface area contributed by atoms with E-state index in [9.17, 15) is 5.11 Å². The summed E-state index contributed by atoms with van der Waals surface area (Å²) in [5, 5.41) is 10.9. The second kappa shape index (κ2) is 6.99. The van der Waals surface area contributed by atoms with Gasteiger partial charge in [-0.1, -0.05) is 24.1 Å². The van der Waals surface area contributed by atoms with Crippen molar-refractivity contribution in [1.29, 1.82) is 0 Å². The molecular weight excluding hydrogens is 286 g/mol. The summed E-state index contributed by atoms with van der Waals surface area (Å²) in [6.45, 7) is 3.29. The van der Waals surface area contributed by atoms with Crippen LogP contribution in [0.3, 0.4) is 0 Å². The summed E-state index contributed by atoms with van der Waals surface area (Å²) in [5.41, 5.74) is 0.889. The second-order valence-electron chi connectivity index (χ2n) is 6.21. The maximum Gasteiger partial charge on any atom is 0.138 e. The van der Waals surface area contributed by atoms with Crippen LogP contribution in [0.15, 0.2) is 18.2 Å². The highest BCUT2D eigenvalue weighted by Gasteiger charge is 2.24. The molecule has 1 saturated carbocycles. The van der Waals surface area contributed by atoms with Crippen molar-refractivity contribution in [3.8, 4) is 5.75 Å². The van der Waals surface area contributed by atoms with Gasteiger partial charge >= 0.3 is 0 Å². The zero-order valence-corrected chi connectivity index (χ0v) is 13.2. The molecule has 1 aromatic rings. The fourth-order valence-electron chi connectivity index (χ4n) is 2.84. The molecule has 2 fully saturated rings. The van der Waals surface area contributed by atoms with Crippen LogP contribution in [0, 0.1) is 0 Å². The van der Waals surface area contributed by atoms with Gasteiger partial charge in [-0.3, -0.25) is 0 Å². The molecule has 1 saturated heterocycles. The van der Waals surface area contributed by atoms with Gasteiger partial charge in [0.05, 0.1) is 17.2 Å². The van der Waals surface area contributed by atoms with Gasteiger partial charge in [-0.05, 0) is 62.9 Å². The quantitative estimate of drug-likeness (QED) is 0.868. The standard InChI is InChI=1S/C17H24ClNO2/c18-15-12-13(4-7-17(15)21-14-5-6-14)16(20)8-11-19-9-2-1-3-10-19/h4,7,12,14,16,20H,1-3,5-6,8-11H2. The molecule has 1 aromatic carbocycles. The van der Waals surface area contributed by atoms with E-state index in [-0.39, 0.29) is 0 Å². The summed E-state index contributed by atoms with van der Waals surface area (Å²) in [6, 6.07) is 5.67. The summed E-state index contributed by atoms with van der Waals surface area (Å²) in [5.74, 6) is 0.742. The molecule has 0 amide bonds. The summed E-state index contributed by atoms with van der Waals surface area (Å²) < 4.78 is 5.72. The van der Waals surface area contributed by atoms with E-state index in [0.29, 0.717) is 11.1 Å². The Balaban J connectivity index is 1.53. The first-order valence-corrected chi connectivity index (χ1v) is 8.47. The molecule has 1 aliphatic heterocycles. The molecule has 3 nitrogen and oxygen atoms in total. The third-order valence-electron chi connectivity index (χ3n) is 4.33. The van der Waals surface area contributed by atoms with E-state index in [2.05, 4.69) is 4.90 Å². The molecule has 0 spiro atoms. The van der Waals surface area contributed by atoms with Crippen molar-refractivity contribution in [2.24, 2.45) is 0 Å². The van der Waals surface area contributed by atoms with Crippen LogP contribution in [0.5, 0.6) is 5.75 Å². The first kappa shape index (κ1) is 15.1. The highest BCUT2D eigenvalue weighted by atomic mass is 35.5. The van der Waals surface area contributed by atoms with E-state index in [1.807, 2.05) is 18.2 Å². The van der Waals surface area contributed by atoms with E-state index < -0.39 is 6.10 Å². The predicted octanol–water partition coefficient (Wildman–Crippen LogP) is 3.79. The number of hydrogen-bond acceptors (Lipinski definition) is 3. The van der Waals surface area contributed by atoms with Crippen LogP contribution in [0.1, 0.15) is 50.2 Å². The second-order valence-corrected chi connectivity index (χ2v) is 6.62. The molecule has 3 rings (SSSR count). The largest absolute Gasteiger partial charge is 0.489 e. The van der Waals surface area contributed by atoms with Crippen molar-refractivity contribution in [1.82, 2.24) is 4.90 Å². The van der Waals surface area contributed by atoms with Gasteiger partial charge in [0.15, 0.2) is 0 Å². The highest BCUT2D eigenvalue weighted by molar-refractivity contribution is 6.32. The van der Waals surface area contributed by atoms with Gasteiger partial charge in [-0.15, -0.1) is 0 Å². The lowest BCUT2D eigenvalue weighted by molar-refractivity contribution is 0.134. The number of hydrogen-bond donors (Lipinski definition) is 1. The number of piperidine rings is 1. The Morgan fingerprint density at radius 3 is 2.67 bits per heavy atom. The Labute approximate surface area is 131 Å². The third kappa shape index (κ3) is 4.35. The van der Waals surface area contributed by atoms with Gasteiger partial charge in [-0.25, -0.2) is 0 Å². The summed E-state index contributed by atoms with van der Waals surface area (Å²) >= 11 is 6.25. The summed E-state index contributed by atoms with van der Waals surface area (Å²) in [7, 11) is 0. The minimum atomic E-state index is -0.445. The van der Waals surface area contributed by atoms with E-state index in [4.69, 9.17) is 16.3 Å². The van der Waals surface area contributed by atoms with Crippen molar-refractivity contribution in [2.45, 2.75) is 50.7 Å². The fraction of sp³-hybridized carbons (Fsp3) is 0.647. The van der Waals surface area contributed by atoms with E-state index in [1.165, 1.54) is 32.4 Å². The Bertz CT molecular complexity index is 470. The first-order valence-electron chi connectivity index (χ1n) is 8.09. The van der Waals surface area contributed by atoms with Crippen LogP contribution >= 0.6 is 11.6 Å². The molecule has 116 valence electrons. The third-order valence-corrected chi connectivity index (χ3v) is 4.62. The minimum absolute atomic E-state index is 0.345. The van der Waals surface area contributed by atoms with Gasteiger partial charge in [0.1, 0.15) is 5.75 Å². The molecule has 21 heavy (non-hydrogen) atoms. The van der Waals surface area contributed by atoms with Crippen LogP contribution in [0.2, 0.25) is 5.02 Å². The monoisotopic (exact) mass is 309 g/mol. The van der Waals surface area contributed by atoms with Crippen LogP contribution < -0.4 is 4.74 Å². The molecule has 0 radical (unpaired) electrons. The van der Waals surface area contributed by atoms with Crippen molar-refractivity contribution < 1.29 is 9.84 Å². The summed E-state index contributed by atoms with van der Waals surface area (Å²) in [4.78, 5) is 2.44. The van der Waals surface area contributed by atoms with Crippen LogP contribution in [-0.4, -0.2) is 35.7 Å². The van der Waals surface area contributed by atoms with E-state index in [1.54, 1.807) is 0 Å². The SMILES string of the molecule is OC(CCN1CCCCC1)c1ccc(OC2CC2)c(Cl)c1. The van der Waals surface area contributed by atoms with Crippen molar-refractivity contribution in [3.05, 3.63) is 28.8 Å². The Kier molecular flexibility index (Phi) is 5.04. The summed E-state index contributed by atoms with van der Waals surface area (Å²) in [6.07, 6.45) is 6.82. The lowest BCUT2D eigenvalue weighted by atomic mass is 10.0. The molecular formula is C17H24ClNO2. The normalized spacial score (nSPS) is 21.2. The van der Waals surface area contributed by atoms with E-state index in [0.717, 1.165) is 37.1 Å². The number of benzene rings is 1. The molecule has 0 aromatic heterocycles. The molecule has 1 atom stereocenters. The van der Waals surface area contributed by atoms with Crippen LogP contribution in [-0.2, 0) is 0 Å². The first-order chi connectivity index (χ1) is 10.2. The molecule has 4 heteroatoms. The molecule has 1 N–H and O–H groups in total. The van der Waals surface area contributed by atoms with Crippen molar-refractivity contribution in [2.75, 3.05) is 19.6 Å². The van der Waals surface area contributed by atoms with Crippen LogP contribution in [0.4, 0.5) is 0 Å². The number of aliphatic hydroxyl groups excluding tert-OH is 1. The lowest BCUT2D eigenvalue weighted by Gasteiger charge is -2.27. The average molecular weight is 310 g/mol. The van der Waals surface area contributed by atoms with E-state index >= 15 is 0 Å². The van der Waals surface area contributed by atoms with Gasteiger partial charge in [0, 0.05) is 6.54 Å². The Morgan fingerprint density at radius 2 is 2.00 bits per heavy atom.